The van der Waals surface area contributed by atoms with E-state index in [9.17, 15) is 0 Å². The first-order valence-electron chi connectivity index (χ1n) is 4.28. The summed E-state index contributed by atoms with van der Waals surface area (Å²) in [5.74, 6) is 0.720. The quantitative estimate of drug-likeness (QED) is 0.751. The number of nitrogens with zero attached hydrogens (tertiary/aromatic N) is 2. The van der Waals surface area contributed by atoms with Crippen molar-refractivity contribution < 1.29 is 0 Å². The second-order valence-electron chi connectivity index (χ2n) is 3.27. The lowest BCUT2D eigenvalue weighted by molar-refractivity contribution is 0.736. The Balaban J connectivity index is 2.79. The Bertz CT molecular complexity index is 475. The molecule has 1 atom stereocenters. The molecule has 74 valence electrons. The highest BCUT2D eigenvalue weighted by Gasteiger charge is 2.11. The minimum Gasteiger partial charge on any atom is -0.398 e. The summed E-state index contributed by atoms with van der Waals surface area (Å²) in [4.78, 5) is 4.18. The molecule has 0 amide bonds. The topological polar surface area (TPSA) is 69.3 Å². The van der Waals surface area contributed by atoms with Crippen LogP contribution in [-0.4, -0.2) is 9.38 Å². The van der Waals surface area contributed by atoms with Crippen LogP contribution in [0, 0.1) is 0 Å². The van der Waals surface area contributed by atoms with Gasteiger partial charge >= 0.3 is 0 Å². The van der Waals surface area contributed by atoms with Crippen molar-refractivity contribution in [2.75, 3.05) is 5.73 Å². The fourth-order valence-corrected chi connectivity index (χ4v) is 1.65. The maximum atomic E-state index is 5.95. The van der Waals surface area contributed by atoms with Crippen LogP contribution in [0.15, 0.2) is 18.3 Å². The highest BCUT2D eigenvalue weighted by atomic mass is 35.5. The zero-order chi connectivity index (χ0) is 10.3. The zero-order valence-electron chi connectivity index (χ0n) is 7.74. The molecule has 14 heavy (non-hydrogen) atoms. The molecule has 1 unspecified atom stereocenters. The summed E-state index contributed by atoms with van der Waals surface area (Å²) in [6, 6.07) is 3.45. The molecule has 4 nitrogen and oxygen atoms in total. The zero-order valence-corrected chi connectivity index (χ0v) is 8.49. The number of nitrogens with two attached hydrogens (primary N) is 2. The number of aromatic nitrogens is 2. The van der Waals surface area contributed by atoms with Crippen LogP contribution in [0.25, 0.3) is 5.52 Å². The van der Waals surface area contributed by atoms with Gasteiger partial charge in [0.1, 0.15) is 5.82 Å². The largest absolute Gasteiger partial charge is 0.398 e. The van der Waals surface area contributed by atoms with Crippen LogP contribution in [0.2, 0.25) is 5.15 Å². The molecular weight excluding hydrogens is 200 g/mol. The first-order chi connectivity index (χ1) is 6.59. The third kappa shape index (κ3) is 1.32. The molecule has 0 aliphatic heterocycles. The summed E-state index contributed by atoms with van der Waals surface area (Å²) in [6.07, 6.45) is 1.77. The maximum absolute atomic E-state index is 5.95. The van der Waals surface area contributed by atoms with Crippen molar-refractivity contribution in [3.8, 4) is 0 Å². The van der Waals surface area contributed by atoms with Crippen LogP contribution in [0.5, 0.6) is 0 Å². The normalized spacial score (nSPS) is 13.4. The SMILES string of the molecule is CC(N)c1nc(Cl)c2ccc(N)cn12. The summed E-state index contributed by atoms with van der Waals surface area (Å²) in [6.45, 7) is 1.86. The number of pyridine rings is 1. The first kappa shape index (κ1) is 9.30. The van der Waals surface area contributed by atoms with Gasteiger partial charge in [0.25, 0.3) is 0 Å². The van der Waals surface area contributed by atoms with E-state index in [1.165, 1.54) is 0 Å². The number of anilines is 1. The molecule has 0 saturated heterocycles. The second-order valence-corrected chi connectivity index (χ2v) is 3.63. The molecule has 0 aliphatic carbocycles. The summed E-state index contributed by atoms with van der Waals surface area (Å²) >= 11 is 5.95. The fourth-order valence-electron chi connectivity index (χ4n) is 1.41. The highest BCUT2D eigenvalue weighted by Crippen LogP contribution is 2.22. The standard InChI is InChI=1S/C9H11ClN4/c1-5(11)9-13-8(10)7-3-2-6(12)4-14(7)9/h2-5H,11-12H2,1H3. The number of rotatable bonds is 1. The van der Waals surface area contributed by atoms with Gasteiger partial charge in [0.15, 0.2) is 5.15 Å². The lowest BCUT2D eigenvalue weighted by Crippen LogP contribution is -2.09. The van der Waals surface area contributed by atoms with E-state index < -0.39 is 0 Å². The number of imidazole rings is 1. The molecule has 0 aliphatic rings. The molecule has 5 heteroatoms. The number of fused-ring (bicyclic) bond motifs is 1. The van der Waals surface area contributed by atoms with E-state index in [1.54, 1.807) is 12.3 Å². The van der Waals surface area contributed by atoms with Crippen molar-refractivity contribution in [2.24, 2.45) is 5.73 Å². The van der Waals surface area contributed by atoms with E-state index in [0.717, 1.165) is 11.3 Å². The molecular formula is C9H11ClN4. The van der Waals surface area contributed by atoms with Crippen molar-refractivity contribution >= 4 is 22.8 Å². The predicted octanol–water partition coefficient (Wildman–Crippen LogP) is 1.59. The monoisotopic (exact) mass is 210 g/mol. The Morgan fingerprint density at radius 3 is 2.86 bits per heavy atom. The molecule has 0 saturated carbocycles. The van der Waals surface area contributed by atoms with Crippen molar-refractivity contribution in [1.29, 1.82) is 0 Å². The number of halogens is 1. The van der Waals surface area contributed by atoms with Crippen molar-refractivity contribution in [3.63, 3.8) is 0 Å². The van der Waals surface area contributed by atoms with Crippen LogP contribution in [0.4, 0.5) is 5.69 Å². The third-order valence-corrected chi connectivity index (χ3v) is 2.33. The van der Waals surface area contributed by atoms with Crippen molar-refractivity contribution in [2.45, 2.75) is 13.0 Å². The molecule has 2 aromatic heterocycles. The molecule has 2 rings (SSSR count). The van der Waals surface area contributed by atoms with E-state index in [2.05, 4.69) is 4.98 Å². The first-order valence-corrected chi connectivity index (χ1v) is 4.66. The van der Waals surface area contributed by atoms with Gasteiger partial charge in [-0.3, -0.25) is 4.40 Å². The predicted molar refractivity (Wildman–Crippen MR) is 57.2 cm³/mol. The van der Waals surface area contributed by atoms with Gasteiger partial charge in [0.05, 0.1) is 11.6 Å². The number of hydrogen-bond donors (Lipinski definition) is 2. The Morgan fingerprint density at radius 2 is 2.21 bits per heavy atom. The van der Waals surface area contributed by atoms with E-state index in [1.807, 2.05) is 17.4 Å². The molecule has 0 spiro atoms. The van der Waals surface area contributed by atoms with Gasteiger partial charge in [0.2, 0.25) is 0 Å². The maximum Gasteiger partial charge on any atom is 0.155 e. The van der Waals surface area contributed by atoms with Gasteiger partial charge in [-0.05, 0) is 19.1 Å². The lowest BCUT2D eigenvalue weighted by Gasteiger charge is -2.04. The number of nitrogen functional groups attached to an aromatic ring is 1. The molecule has 0 radical (unpaired) electrons. The van der Waals surface area contributed by atoms with Crippen LogP contribution >= 0.6 is 11.6 Å². The summed E-state index contributed by atoms with van der Waals surface area (Å²) in [5.41, 5.74) is 12.9. The minimum atomic E-state index is -0.170. The van der Waals surface area contributed by atoms with Crippen LogP contribution in [-0.2, 0) is 0 Å². The molecule has 0 aromatic carbocycles. The molecule has 2 heterocycles. The van der Waals surface area contributed by atoms with Crippen molar-refractivity contribution in [1.82, 2.24) is 9.38 Å². The average molecular weight is 211 g/mol. The van der Waals surface area contributed by atoms with E-state index in [-0.39, 0.29) is 6.04 Å². The second kappa shape index (κ2) is 3.15. The van der Waals surface area contributed by atoms with Gasteiger partial charge in [0, 0.05) is 11.9 Å². The van der Waals surface area contributed by atoms with Gasteiger partial charge < -0.3 is 11.5 Å². The van der Waals surface area contributed by atoms with Crippen LogP contribution < -0.4 is 11.5 Å². The molecule has 0 bridgehead atoms. The van der Waals surface area contributed by atoms with Gasteiger partial charge in [-0.1, -0.05) is 11.6 Å². The van der Waals surface area contributed by atoms with Crippen molar-refractivity contribution in [3.05, 3.63) is 29.3 Å². The Hall–Kier alpha value is -1.26. The van der Waals surface area contributed by atoms with Crippen LogP contribution in [0.1, 0.15) is 18.8 Å². The Labute approximate surface area is 86.5 Å². The lowest BCUT2D eigenvalue weighted by atomic mass is 10.3. The van der Waals surface area contributed by atoms with E-state index in [4.69, 9.17) is 23.1 Å². The fraction of sp³-hybridized carbons (Fsp3) is 0.222. The van der Waals surface area contributed by atoms with Gasteiger partial charge in [-0.2, -0.15) is 0 Å². The molecule has 2 aromatic rings. The summed E-state index contributed by atoms with van der Waals surface area (Å²) in [5, 5.41) is 0.456. The summed E-state index contributed by atoms with van der Waals surface area (Å²) < 4.78 is 1.82. The average Bonchev–Trinajstić information content (AvgIpc) is 2.43. The molecule has 4 N–H and O–H groups in total. The molecule has 0 fully saturated rings. The summed E-state index contributed by atoms with van der Waals surface area (Å²) in [7, 11) is 0. The van der Waals surface area contributed by atoms with Gasteiger partial charge in [-0.25, -0.2) is 4.98 Å². The van der Waals surface area contributed by atoms with Crippen LogP contribution in [0.3, 0.4) is 0 Å². The third-order valence-electron chi connectivity index (χ3n) is 2.05. The minimum absolute atomic E-state index is 0.170. The Morgan fingerprint density at radius 1 is 1.50 bits per heavy atom. The number of hydrogen-bond acceptors (Lipinski definition) is 3. The van der Waals surface area contributed by atoms with E-state index in [0.29, 0.717) is 10.8 Å². The smallest absolute Gasteiger partial charge is 0.155 e. The van der Waals surface area contributed by atoms with E-state index >= 15 is 0 Å². The van der Waals surface area contributed by atoms with Gasteiger partial charge in [-0.15, -0.1) is 0 Å². The Kier molecular flexibility index (Phi) is 2.09. The highest BCUT2D eigenvalue weighted by molar-refractivity contribution is 6.32.